The minimum absolute atomic E-state index is 0.0228. The molecule has 0 bridgehead atoms. The van der Waals surface area contributed by atoms with E-state index in [9.17, 15) is 0 Å². The second-order valence-electron chi connectivity index (χ2n) is 13.5. The van der Waals surface area contributed by atoms with Crippen molar-refractivity contribution in [3.63, 3.8) is 0 Å². The van der Waals surface area contributed by atoms with Crippen LogP contribution < -0.4 is 0 Å². The lowest BCUT2D eigenvalue weighted by molar-refractivity contribution is -0.370. The SMILES string of the molecule is CC1(C)OCC(C)(C)[C@H](C[C@@H]2OC(C)(C)O[C@H](C[C@H]3OC(C)(C)OCC3(C)C)C2(C)C)O1. The van der Waals surface area contributed by atoms with Crippen LogP contribution in [-0.2, 0) is 28.4 Å². The van der Waals surface area contributed by atoms with Gasteiger partial charge in [0.25, 0.3) is 0 Å². The van der Waals surface area contributed by atoms with Gasteiger partial charge in [-0.25, -0.2) is 0 Å². The molecule has 0 unspecified atom stereocenters. The third-order valence-corrected chi connectivity index (χ3v) is 7.55. The van der Waals surface area contributed by atoms with Crippen molar-refractivity contribution >= 4 is 0 Å². The van der Waals surface area contributed by atoms with Crippen LogP contribution in [0.4, 0.5) is 0 Å². The molecule has 0 saturated carbocycles. The second-order valence-corrected chi connectivity index (χ2v) is 13.5. The summed E-state index contributed by atoms with van der Waals surface area (Å²) in [4.78, 5) is 0. The molecule has 0 aromatic carbocycles. The molecular formula is C26H48O6. The summed E-state index contributed by atoms with van der Waals surface area (Å²) in [6.45, 7) is 26.7. The third kappa shape index (κ3) is 5.69. The zero-order chi connectivity index (χ0) is 24.4. The van der Waals surface area contributed by atoms with E-state index in [1.54, 1.807) is 0 Å². The molecule has 3 heterocycles. The zero-order valence-electron chi connectivity index (χ0n) is 22.6. The largest absolute Gasteiger partial charge is 0.350 e. The monoisotopic (exact) mass is 456 g/mol. The van der Waals surface area contributed by atoms with Crippen LogP contribution >= 0.6 is 0 Å². The van der Waals surface area contributed by atoms with Gasteiger partial charge in [0.1, 0.15) is 0 Å². The minimum atomic E-state index is -0.680. The van der Waals surface area contributed by atoms with E-state index in [1.165, 1.54) is 0 Å². The molecule has 3 rings (SSSR count). The lowest BCUT2D eigenvalue weighted by Crippen LogP contribution is -2.61. The van der Waals surface area contributed by atoms with Gasteiger partial charge in [-0.15, -0.1) is 0 Å². The van der Waals surface area contributed by atoms with Gasteiger partial charge in [-0.1, -0.05) is 41.5 Å². The quantitative estimate of drug-likeness (QED) is 0.543. The Balaban J connectivity index is 1.83. The van der Waals surface area contributed by atoms with E-state index >= 15 is 0 Å². The average molecular weight is 457 g/mol. The number of ether oxygens (including phenoxy) is 6. The van der Waals surface area contributed by atoms with Gasteiger partial charge in [-0.05, 0) is 41.5 Å². The molecule has 0 N–H and O–H groups in total. The van der Waals surface area contributed by atoms with Gasteiger partial charge in [-0.2, -0.15) is 0 Å². The van der Waals surface area contributed by atoms with Crippen LogP contribution in [0.25, 0.3) is 0 Å². The number of hydrogen-bond donors (Lipinski definition) is 0. The first-order valence-corrected chi connectivity index (χ1v) is 12.2. The predicted molar refractivity (Wildman–Crippen MR) is 124 cm³/mol. The first kappa shape index (κ1) is 26.4. The van der Waals surface area contributed by atoms with Crippen LogP contribution in [0, 0.1) is 16.2 Å². The van der Waals surface area contributed by atoms with E-state index in [0.29, 0.717) is 13.2 Å². The summed E-state index contributed by atoms with van der Waals surface area (Å²) in [6, 6.07) is 0. The highest BCUT2D eigenvalue weighted by atomic mass is 16.7. The van der Waals surface area contributed by atoms with Crippen molar-refractivity contribution in [2.75, 3.05) is 13.2 Å². The molecule has 4 atom stereocenters. The summed E-state index contributed by atoms with van der Waals surface area (Å²) in [5, 5.41) is 0. The van der Waals surface area contributed by atoms with E-state index in [0.717, 1.165) is 12.8 Å². The maximum atomic E-state index is 6.56. The summed E-state index contributed by atoms with van der Waals surface area (Å²) in [5.41, 5.74) is -0.412. The van der Waals surface area contributed by atoms with E-state index < -0.39 is 17.4 Å². The highest BCUT2D eigenvalue weighted by Crippen LogP contribution is 2.48. The van der Waals surface area contributed by atoms with Crippen molar-refractivity contribution in [2.45, 2.75) is 138 Å². The first-order valence-electron chi connectivity index (χ1n) is 12.2. The number of rotatable bonds is 4. The molecule has 0 spiro atoms. The average Bonchev–Trinajstić information content (AvgIpc) is 2.59. The van der Waals surface area contributed by atoms with E-state index in [1.807, 2.05) is 41.5 Å². The van der Waals surface area contributed by atoms with Gasteiger partial charge in [-0.3, -0.25) is 0 Å². The Labute approximate surface area is 196 Å². The molecule has 0 aliphatic carbocycles. The molecular weight excluding hydrogens is 408 g/mol. The third-order valence-electron chi connectivity index (χ3n) is 7.55. The Morgan fingerprint density at radius 1 is 0.469 bits per heavy atom. The summed E-state index contributed by atoms with van der Waals surface area (Å²) in [6.07, 6.45) is 1.59. The topological polar surface area (TPSA) is 55.4 Å². The predicted octanol–water partition coefficient (Wildman–Crippen LogP) is 5.67. The minimum Gasteiger partial charge on any atom is -0.350 e. The van der Waals surface area contributed by atoms with Crippen LogP contribution in [-0.4, -0.2) is 55.0 Å². The molecule has 32 heavy (non-hydrogen) atoms. The van der Waals surface area contributed by atoms with Crippen LogP contribution in [0.1, 0.15) is 95.9 Å². The summed E-state index contributed by atoms with van der Waals surface area (Å²) < 4.78 is 37.8. The van der Waals surface area contributed by atoms with Gasteiger partial charge in [0.15, 0.2) is 17.4 Å². The fraction of sp³-hybridized carbons (Fsp3) is 1.00. The molecule has 0 amide bonds. The lowest BCUT2D eigenvalue weighted by Gasteiger charge is -2.55. The summed E-state index contributed by atoms with van der Waals surface area (Å²) in [5.74, 6) is -1.85. The maximum Gasteiger partial charge on any atom is 0.163 e. The van der Waals surface area contributed by atoms with Crippen LogP contribution in [0.15, 0.2) is 0 Å². The van der Waals surface area contributed by atoms with E-state index in [4.69, 9.17) is 28.4 Å². The Kier molecular flexibility index (Phi) is 6.73. The smallest absolute Gasteiger partial charge is 0.163 e. The van der Waals surface area contributed by atoms with Gasteiger partial charge in [0, 0.05) is 29.1 Å². The van der Waals surface area contributed by atoms with Crippen molar-refractivity contribution in [1.29, 1.82) is 0 Å². The second kappa shape index (κ2) is 8.17. The van der Waals surface area contributed by atoms with Crippen molar-refractivity contribution in [2.24, 2.45) is 16.2 Å². The van der Waals surface area contributed by atoms with Crippen molar-refractivity contribution in [3.8, 4) is 0 Å². The molecule has 3 fully saturated rings. The molecule has 188 valence electrons. The van der Waals surface area contributed by atoms with E-state index in [2.05, 4.69) is 41.5 Å². The first-order chi connectivity index (χ1) is 14.2. The fourth-order valence-corrected chi connectivity index (χ4v) is 5.03. The normalized spacial score (nSPS) is 39.4. The highest BCUT2D eigenvalue weighted by molar-refractivity contribution is 4.99. The van der Waals surface area contributed by atoms with Gasteiger partial charge < -0.3 is 28.4 Å². The van der Waals surface area contributed by atoms with Gasteiger partial charge in [0.05, 0.1) is 37.6 Å². The van der Waals surface area contributed by atoms with E-state index in [-0.39, 0.29) is 40.7 Å². The molecule has 6 nitrogen and oxygen atoms in total. The van der Waals surface area contributed by atoms with Crippen molar-refractivity contribution < 1.29 is 28.4 Å². The molecule has 0 radical (unpaired) electrons. The Morgan fingerprint density at radius 3 is 1.12 bits per heavy atom. The lowest BCUT2D eigenvalue weighted by atomic mass is 9.70. The highest BCUT2D eigenvalue weighted by Gasteiger charge is 2.54. The summed E-state index contributed by atoms with van der Waals surface area (Å²) >= 11 is 0. The fourth-order valence-electron chi connectivity index (χ4n) is 5.03. The zero-order valence-corrected chi connectivity index (χ0v) is 22.6. The molecule has 3 saturated heterocycles. The van der Waals surface area contributed by atoms with Crippen LogP contribution in [0.5, 0.6) is 0 Å². The van der Waals surface area contributed by atoms with Crippen molar-refractivity contribution in [1.82, 2.24) is 0 Å². The maximum absolute atomic E-state index is 6.56. The molecule has 3 aliphatic rings. The molecule has 0 aromatic heterocycles. The summed E-state index contributed by atoms with van der Waals surface area (Å²) in [7, 11) is 0. The van der Waals surface area contributed by atoms with Crippen molar-refractivity contribution in [3.05, 3.63) is 0 Å². The number of hydrogen-bond acceptors (Lipinski definition) is 6. The molecule has 0 aromatic rings. The van der Waals surface area contributed by atoms with Crippen LogP contribution in [0.2, 0.25) is 0 Å². The standard InChI is InChI=1S/C26H48O6/c1-21(2)15-27-24(7,8)29-17(21)13-19-23(5,6)20(32-26(11,12)31-19)14-18-22(3,4)16-28-25(9,10)30-18/h17-20H,13-16H2,1-12H3/t17-,18+,19-,20+. The van der Waals surface area contributed by atoms with Gasteiger partial charge >= 0.3 is 0 Å². The van der Waals surface area contributed by atoms with Gasteiger partial charge in [0.2, 0.25) is 0 Å². The molecule has 6 heteroatoms. The van der Waals surface area contributed by atoms with Crippen LogP contribution in [0.3, 0.4) is 0 Å². The Hall–Kier alpha value is -0.240. The Morgan fingerprint density at radius 2 is 0.781 bits per heavy atom. The Bertz CT molecular complexity index is 624. The molecule has 3 aliphatic heterocycles.